The van der Waals surface area contributed by atoms with Crippen LogP contribution in [0, 0.1) is 5.92 Å². The first-order valence-corrected chi connectivity index (χ1v) is 4.41. The summed E-state index contributed by atoms with van der Waals surface area (Å²) >= 11 is 0. The second-order valence-electron chi connectivity index (χ2n) is 3.27. The van der Waals surface area contributed by atoms with Crippen LogP contribution in [0.15, 0.2) is 11.6 Å². The Morgan fingerprint density at radius 3 is 2.83 bits per heavy atom. The summed E-state index contributed by atoms with van der Waals surface area (Å²) < 4.78 is 0. The molecule has 3 nitrogen and oxygen atoms in total. The topological polar surface area (TPSA) is 69.1 Å². The Morgan fingerprint density at radius 1 is 1.67 bits per heavy atom. The van der Waals surface area contributed by atoms with Gasteiger partial charge in [-0.05, 0) is 25.8 Å². The lowest BCUT2D eigenvalue weighted by Crippen LogP contribution is -2.23. The molecular weight excluding hydrogens is 152 g/mol. The van der Waals surface area contributed by atoms with Gasteiger partial charge >= 0.3 is 0 Å². The molecule has 1 unspecified atom stereocenters. The van der Waals surface area contributed by atoms with Crippen LogP contribution in [0.25, 0.3) is 0 Å². The van der Waals surface area contributed by atoms with Crippen molar-refractivity contribution in [3.63, 3.8) is 0 Å². The van der Waals surface area contributed by atoms with E-state index in [-0.39, 0.29) is 11.8 Å². The monoisotopic (exact) mass is 168 g/mol. The third kappa shape index (κ3) is 2.34. The fourth-order valence-corrected chi connectivity index (χ4v) is 1.68. The number of primary amides is 1. The van der Waals surface area contributed by atoms with Crippen molar-refractivity contribution in [3.8, 4) is 0 Å². The Hall–Kier alpha value is -0.830. The summed E-state index contributed by atoms with van der Waals surface area (Å²) in [4.78, 5) is 10.7. The first-order valence-electron chi connectivity index (χ1n) is 4.41. The van der Waals surface area contributed by atoms with E-state index in [1.807, 2.05) is 0 Å². The van der Waals surface area contributed by atoms with Crippen LogP contribution >= 0.6 is 0 Å². The van der Waals surface area contributed by atoms with Gasteiger partial charge in [0.1, 0.15) is 0 Å². The Morgan fingerprint density at radius 2 is 2.42 bits per heavy atom. The SMILES string of the molecule is NCC(CC(N)=O)C1=CCCC1. The second kappa shape index (κ2) is 4.26. The summed E-state index contributed by atoms with van der Waals surface area (Å²) in [5, 5.41) is 0. The molecule has 1 aliphatic carbocycles. The Bertz CT molecular complexity index is 199. The highest BCUT2D eigenvalue weighted by Gasteiger charge is 2.17. The molecule has 1 atom stereocenters. The van der Waals surface area contributed by atoms with Crippen LogP contribution in [-0.4, -0.2) is 12.5 Å². The molecule has 0 aromatic rings. The highest BCUT2D eigenvalue weighted by Crippen LogP contribution is 2.26. The second-order valence-corrected chi connectivity index (χ2v) is 3.27. The summed E-state index contributed by atoms with van der Waals surface area (Å²) in [5.74, 6) is -0.0525. The van der Waals surface area contributed by atoms with E-state index in [1.165, 1.54) is 12.0 Å². The van der Waals surface area contributed by atoms with Crippen molar-refractivity contribution in [1.82, 2.24) is 0 Å². The summed E-state index contributed by atoms with van der Waals surface area (Å²) in [6.07, 6.45) is 6.02. The minimum Gasteiger partial charge on any atom is -0.370 e. The van der Waals surface area contributed by atoms with Crippen LogP contribution in [0.2, 0.25) is 0 Å². The lowest BCUT2D eigenvalue weighted by atomic mass is 9.95. The zero-order chi connectivity index (χ0) is 8.97. The Kier molecular flexibility index (Phi) is 3.29. The van der Waals surface area contributed by atoms with Gasteiger partial charge in [0, 0.05) is 12.3 Å². The van der Waals surface area contributed by atoms with Crippen molar-refractivity contribution in [1.29, 1.82) is 0 Å². The highest BCUT2D eigenvalue weighted by molar-refractivity contribution is 5.74. The van der Waals surface area contributed by atoms with Crippen molar-refractivity contribution < 1.29 is 4.79 Å². The van der Waals surface area contributed by atoms with E-state index in [1.54, 1.807) is 0 Å². The Balaban J connectivity index is 2.49. The molecule has 0 fully saturated rings. The van der Waals surface area contributed by atoms with Gasteiger partial charge in [0.15, 0.2) is 0 Å². The molecule has 0 aromatic heterocycles. The summed E-state index contributed by atoms with van der Waals surface area (Å²) in [7, 11) is 0. The number of carbonyl (C=O) groups is 1. The van der Waals surface area contributed by atoms with Crippen LogP contribution in [-0.2, 0) is 4.79 Å². The average Bonchev–Trinajstić information content (AvgIpc) is 2.51. The van der Waals surface area contributed by atoms with E-state index in [4.69, 9.17) is 11.5 Å². The van der Waals surface area contributed by atoms with E-state index in [2.05, 4.69) is 6.08 Å². The number of nitrogens with two attached hydrogens (primary N) is 2. The molecule has 0 spiro atoms. The van der Waals surface area contributed by atoms with Gasteiger partial charge < -0.3 is 11.5 Å². The summed E-state index contributed by atoms with van der Waals surface area (Å²) in [6, 6.07) is 0. The fourth-order valence-electron chi connectivity index (χ4n) is 1.68. The molecule has 68 valence electrons. The van der Waals surface area contributed by atoms with Gasteiger partial charge in [-0.3, -0.25) is 4.79 Å². The van der Waals surface area contributed by atoms with Gasteiger partial charge in [-0.15, -0.1) is 0 Å². The van der Waals surface area contributed by atoms with Crippen molar-refractivity contribution in [2.45, 2.75) is 25.7 Å². The number of hydrogen-bond acceptors (Lipinski definition) is 2. The molecule has 0 aromatic carbocycles. The maximum Gasteiger partial charge on any atom is 0.218 e. The smallest absolute Gasteiger partial charge is 0.218 e. The average molecular weight is 168 g/mol. The predicted molar refractivity (Wildman–Crippen MR) is 48.3 cm³/mol. The zero-order valence-electron chi connectivity index (χ0n) is 7.25. The number of allylic oxidation sites excluding steroid dienone is 1. The van der Waals surface area contributed by atoms with Crippen molar-refractivity contribution in [2.75, 3.05) is 6.54 Å². The van der Waals surface area contributed by atoms with Gasteiger partial charge in [0.25, 0.3) is 0 Å². The van der Waals surface area contributed by atoms with E-state index in [9.17, 15) is 4.79 Å². The highest BCUT2D eigenvalue weighted by atomic mass is 16.1. The van der Waals surface area contributed by atoms with Gasteiger partial charge in [-0.1, -0.05) is 11.6 Å². The molecule has 1 rings (SSSR count). The largest absolute Gasteiger partial charge is 0.370 e. The molecule has 4 N–H and O–H groups in total. The number of hydrogen-bond donors (Lipinski definition) is 2. The molecule has 0 saturated heterocycles. The van der Waals surface area contributed by atoms with Crippen LogP contribution < -0.4 is 11.5 Å². The normalized spacial score (nSPS) is 18.9. The predicted octanol–water partition coefficient (Wildman–Crippen LogP) is 0.547. The minimum absolute atomic E-state index is 0.199. The quantitative estimate of drug-likeness (QED) is 0.602. The molecule has 1 amide bonds. The molecule has 3 heteroatoms. The summed E-state index contributed by atoms with van der Waals surface area (Å²) in [6.45, 7) is 0.536. The maximum atomic E-state index is 10.7. The van der Waals surface area contributed by atoms with E-state index in [0.29, 0.717) is 13.0 Å². The first kappa shape index (κ1) is 9.26. The molecule has 0 heterocycles. The molecule has 0 bridgehead atoms. The molecule has 0 aliphatic heterocycles. The lowest BCUT2D eigenvalue weighted by Gasteiger charge is -2.13. The van der Waals surface area contributed by atoms with Crippen LogP contribution in [0.3, 0.4) is 0 Å². The van der Waals surface area contributed by atoms with Crippen molar-refractivity contribution >= 4 is 5.91 Å². The van der Waals surface area contributed by atoms with E-state index in [0.717, 1.165) is 12.8 Å². The van der Waals surface area contributed by atoms with Crippen LogP contribution in [0.1, 0.15) is 25.7 Å². The Labute approximate surface area is 72.8 Å². The first-order chi connectivity index (χ1) is 5.74. The molecule has 0 saturated carbocycles. The third-order valence-corrected chi connectivity index (χ3v) is 2.33. The minimum atomic E-state index is -0.252. The van der Waals surface area contributed by atoms with Gasteiger partial charge in [0.2, 0.25) is 5.91 Å². The van der Waals surface area contributed by atoms with Gasteiger partial charge in [-0.2, -0.15) is 0 Å². The van der Waals surface area contributed by atoms with Crippen LogP contribution in [0.5, 0.6) is 0 Å². The lowest BCUT2D eigenvalue weighted by molar-refractivity contribution is -0.118. The molecule has 0 radical (unpaired) electrons. The number of carbonyl (C=O) groups excluding carboxylic acids is 1. The van der Waals surface area contributed by atoms with Crippen LogP contribution in [0.4, 0.5) is 0 Å². The van der Waals surface area contributed by atoms with Gasteiger partial charge in [-0.25, -0.2) is 0 Å². The number of amides is 1. The van der Waals surface area contributed by atoms with Crippen molar-refractivity contribution in [2.24, 2.45) is 17.4 Å². The van der Waals surface area contributed by atoms with E-state index < -0.39 is 0 Å². The van der Waals surface area contributed by atoms with Gasteiger partial charge in [0.05, 0.1) is 0 Å². The zero-order valence-corrected chi connectivity index (χ0v) is 7.25. The molecule has 12 heavy (non-hydrogen) atoms. The molecular formula is C9H16N2O. The maximum absolute atomic E-state index is 10.7. The molecule has 1 aliphatic rings. The fraction of sp³-hybridized carbons (Fsp3) is 0.667. The summed E-state index contributed by atoms with van der Waals surface area (Å²) in [5.41, 5.74) is 12.0. The van der Waals surface area contributed by atoms with Crippen molar-refractivity contribution in [3.05, 3.63) is 11.6 Å². The third-order valence-electron chi connectivity index (χ3n) is 2.33. The van der Waals surface area contributed by atoms with E-state index >= 15 is 0 Å². The standard InChI is InChI=1S/C9H16N2O/c10-6-8(5-9(11)12)7-3-1-2-4-7/h3,8H,1-2,4-6,10H2,(H2,11,12). The number of rotatable bonds is 4.